The van der Waals surface area contributed by atoms with E-state index in [9.17, 15) is 0 Å². The Bertz CT molecular complexity index is 316. The highest BCUT2D eigenvalue weighted by Crippen LogP contribution is 2.36. The first-order valence-electron chi connectivity index (χ1n) is 4.64. The van der Waals surface area contributed by atoms with Crippen LogP contribution in [0.4, 0.5) is 0 Å². The number of aromatic nitrogens is 2. The van der Waals surface area contributed by atoms with Crippen molar-refractivity contribution in [2.45, 2.75) is 38.3 Å². The molecule has 0 aliphatic carbocycles. The maximum Gasteiger partial charge on any atom is 0.0688 e. The van der Waals surface area contributed by atoms with Crippen molar-refractivity contribution in [3.05, 3.63) is 17.0 Å². The third-order valence-electron chi connectivity index (χ3n) is 3.10. The average Bonchev–Trinajstić information content (AvgIpc) is 2.59. The first kappa shape index (κ1) is 6.66. The topological polar surface area (TPSA) is 40.7 Å². The van der Waals surface area contributed by atoms with Crippen molar-refractivity contribution in [1.82, 2.24) is 15.5 Å². The van der Waals surface area contributed by atoms with Crippen LogP contribution < -0.4 is 5.32 Å². The zero-order chi connectivity index (χ0) is 8.13. The largest absolute Gasteiger partial charge is 0.307 e. The summed E-state index contributed by atoms with van der Waals surface area (Å²) in [6, 6.07) is 1.29. The van der Waals surface area contributed by atoms with Crippen molar-refractivity contribution in [2.24, 2.45) is 0 Å². The minimum absolute atomic E-state index is 0.595. The van der Waals surface area contributed by atoms with E-state index in [-0.39, 0.29) is 0 Å². The van der Waals surface area contributed by atoms with Gasteiger partial charge in [0.15, 0.2) is 0 Å². The molecule has 0 radical (unpaired) electrons. The molecule has 2 aliphatic rings. The second-order valence-electron chi connectivity index (χ2n) is 3.91. The fourth-order valence-corrected chi connectivity index (χ4v) is 2.55. The first-order valence-corrected chi connectivity index (χ1v) is 4.64. The molecule has 2 N–H and O–H groups in total. The highest BCUT2D eigenvalue weighted by molar-refractivity contribution is 5.33. The second-order valence-corrected chi connectivity index (χ2v) is 3.91. The summed E-state index contributed by atoms with van der Waals surface area (Å²) in [7, 11) is 0. The van der Waals surface area contributed by atoms with E-state index in [4.69, 9.17) is 0 Å². The minimum Gasteiger partial charge on any atom is -0.307 e. The summed E-state index contributed by atoms with van der Waals surface area (Å²) in [6.45, 7) is 2.12. The molecule has 3 rings (SSSR count). The molecule has 3 heterocycles. The maximum absolute atomic E-state index is 4.33. The Hall–Kier alpha value is -0.830. The Morgan fingerprint density at radius 2 is 2.33 bits per heavy atom. The van der Waals surface area contributed by atoms with Crippen LogP contribution in [0.2, 0.25) is 0 Å². The molecular weight excluding hydrogens is 150 g/mol. The normalized spacial score (nSPS) is 32.1. The van der Waals surface area contributed by atoms with Crippen molar-refractivity contribution >= 4 is 0 Å². The Balaban J connectivity index is 2.15. The number of nitrogens with zero attached hydrogens (tertiary/aromatic N) is 1. The summed E-state index contributed by atoms with van der Waals surface area (Å²) in [4.78, 5) is 0. The fourth-order valence-electron chi connectivity index (χ4n) is 2.55. The molecule has 2 aliphatic heterocycles. The number of nitrogens with one attached hydrogen (secondary N) is 2. The van der Waals surface area contributed by atoms with Gasteiger partial charge in [0.05, 0.1) is 5.69 Å². The molecule has 0 aromatic carbocycles. The van der Waals surface area contributed by atoms with E-state index in [0.717, 1.165) is 6.42 Å². The number of hydrogen-bond donors (Lipinski definition) is 2. The SMILES string of the molecule is Cc1[nH]nc2c1[C@H]1CC[C@H](C2)N1. The van der Waals surface area contributed by atoms with Crippen LogP contribution in [0.3, 0.4) is 0 Å². The van der Waals surface area contributed by atoms with Crippen LogP contribution in [-0.4, -0.2) is 16.2 Å². The van der Waals surface area contributed by atoms with Crippen molar-refractivity contribution in [1.29, 1.82) is 0 Å². The van der Waals surface area contributed by atoms with E-state index in [1.807, 2.05) is 0 Å². The number of rotatable bonds is 0. The van der Waals surface area contributed by atoms with Gasteiger partial charge < -0.3 is 5.32 Å². The lowest BCUT2D eigenvalue weighted by Crippen LogP contribution is -2.31. The summed E-state index contributed by atoms with van der Waals surface area (Å²) < 4.78 is 0. The van der Waals surface area contributed by atoms with Crippen LogP contribution in [0.1, 0.15) is 35.8 Å². The Morgan fingerprint density at radius 1 is 1.42 bits per heavy atom. The van der Waals surface area contributed by atoms with Gasteiger partial charge in [0.1, 0.15) is 0 Å². The zero-order valence-electron chi connectivity index (χ0n) is 7.22. The molecule has 0 saturated carbocycles. The number of H-pyrrole nitrogens is 1. The summed E-state index contributed by atoms with van der Waals surface area (Å²) >= 11 is 0. The van der Waals surface area contributed by atoms with Gasteiger partial charge in [-0.15, -0.1) is 0 Å². The molecule has 0 spiro atoms. The molecular formula is C9H13N3. The van der Waals surface area contributed by atoms with E-state index in [1.54, 1.807) is 0 Å². The van der Waals surface area contributed by atoms with E-state index < -0.39 is 0 Å². The van der Waals surface area contributed by atoms with Gasteiger partial charge in [0, 0.05) is 29.8 Å². The molecule has 0 amide bonds. The Labute approximate surface area is 71.6 Å². The molecule has 2 bridgehead atoms. The van der Waals surface area contributed by atoms with Crippen LogP contribution >= 0.6 is 0 Å². The lowest BCUT2D eigenvalue weighted by Gasteiger charge is -2.20. The van der Waals surface area contributed by atoms with E-state index in [1.165, 1.54) is 29.8 Å². The van der Waals surface area contributed by atoms with Crippen LogP contribution in [-0.2, 0) is 6.42 Å². The lowest BCUT2D eigenvalue weighted by atomic mass is 10.0. The number of aryl methyl sites for hydroxylation is 1. The highest BCUT2D eigenvalue weighted by Gasteiger charge is 2.34. The van der Waals surface area contributed by atoms with Crippen molar-refractivity contribution < 1.29 is 0 Å². The molecule has 2 atom stereocenters. The van der Waals surface area contributed by atoms with Crippen molar-refractivity contribution in [3.8, 4) is 0 Å². The molecule has 1 fully saturated rings. The molecule has 3 heteroatoms. The van der Waals surface area contributed by atoms with E-state index in [2.05, 4.69) is 22.4 Å². The lowest BCUT2D eigenvalue weighted by molar-refractivity contribution is 0.510. The van der Waals surface area contributed by atoms with Gasteiger partial charge in [-0.3, -0.25) is 5.10 Å². The molecule has 12 heavy (non-hydrogen) atoms. The smallest absolute Gasteiger partial charge is 0.0688 e. The number of fused-ring (bicyclic) bond motifs is 4. The Morgan fingerprint density at radius 3 is 3.25 bits per heavy atom. The highest BCUT2D eigenvalue weighted by atomic mass is 15.1. The van der Waals surface area contributed by atoms with Gasteiger partial charge in [-0.25, -0.2) is 0 Å². The minimum atomic E-state index is 0.595. The van der Waals surface area contributed by atoms with Crippen LogP contribution in [0.25, 0.3) is 0 Å². The molecule has 1 aromatic heterocycles. The molecule has 0 unspecified atom stereocenters. The molecule has 64 valence electrons. The van der Waals surface area contributed by atoms with Gasteiger partial charge >= 0.3 is 0 Å². The Kier molecular flexibility index (Phi) is 1.17. The number of aromatic amines is 1. The maximum atomic E-state index is 4.33. The van der Waals surface area contributed by atoms with Gasteiger partial charge in [0.25, 0.3) is 0 Å². The van der Waals surface area contributed by atoms with Crippen molar-refractivity contribution in [3.63, 3.8) is 0 Å². The van der Waals surface area contributed by atoms with Gasteiger partial charge in [-0.2, -0.15) is 5.10 Å². The number of hydrogen-bond acceptors (Lipinski definition) is 2. The van der Waals surface area contributed by atoms with E-state index in [0.29, 0.717) is 12.1 Å². The fraction of sp³-hybridized carbons (Fsp3) is 0.667. The second kappa shape index (κ2) is 2.10. The van der Waals surface area contributed by atoms with Crippen LogP contribution in [0.15, 0.2) is 0 Å². The average molecular weight is 163 g/mol. The van der Waals surface area contributed by atoms with Gasteiger partial charge in [-0.1, -0.05) is 0 Å². The molecule has 1 aromatic rings. The monoisotopic (exact) mass is 163 g/mol. The summed E-state index contributed by atoms with van der Waals surface area (Å²) in [5, 5.41) is 11.0. The predicted octanol–water partition coefficient (Wildman–Crippen LogP) is 1.07. The summed E-state index contributed by atoms with van der Waals surface area (Å²) in [6.07, 6.45) is 3.73. The first-order chi connectivity index (χ1) is 5.84. The summed E-state index contributed by atoms with van der Waals surface area (Å²) in [5.41, 5.74) is 4.00. The van der Waals surface area contributed by atoms with E-state index >= 15 is 0 Å². The quantitative estimate of drug-likeness (QED) is 0.600. The third kappa shape index (κ3) is 0.719. The molecule has 1 saturated heterocycles. The zero-order valence-corrected chi connectivity index (χ0v) is 7.22. The van der Waals surface area contributed by atoms with Crippen LogP contribution in [0, 0.1) is 6.92 Å². The summed E-state index contributed by atoms with van der Waals surface area (Å²) in [5.74, 6) is 0. The third-order valence-corrected chi connectivity index (χ3v) is 3.10. The standard InChI is InChI=1S/C9H13N3/c1-5-9-7-3-2-6(10-7)4-8(9)12-11-5/h6-7,10H,2-4H2,1H3,(H,11,12)/t6-,7-/m1/s1. The molecule has 3 nitrogen and oxygen atoms in total. The van der Waals surface area contributed by atoms with Gasteiger partial charge in [0.2, 0.25) is 0 Å². The van der Waals surface area contributed by atoms with Crippen LogP contribution in [0.5, 0.6) is 0 Å². The predicted molar refractivity (Wildman–Crippen MR) is 45.9 cm³/mol. The van der Waals surface area contributed by atoms with Crippen molar-refractivity contribution in [2.75, 3.05) is 0 Å². The van der Waals surface area contributed by atoms with Gasteiger partial charge in [-0.05, 0) is 19.8 Å².